The SMILES string of the molecule is Cc1cc(CCCC(=O)N2CCc3ccccc3C2C(=O)O)c(C)s1. The number of hydrogen-bond donors (Lipinski definition) is 1. The minimum atomic E-state index is -0.954. The average Bonchev–Trinajstić information content (AvgIpc) is 2.91. The fourth-order valence-corrected chi connectivity index (χ4v) is 4.58. The van der Waals surface area contributed by atoms with E-state index in [1.54, 1.807) is 11.3 Å². The normalized spacial score (nSPS) is 16.6. The van der Waals surface area contributed by atoms with E-state index in [0.717, 1.165) is 24.0 Å². The third-order valence-corrected chi connectivity index (χ3v) is 5.83. The molecule has 0 bridgehead atoms. The van der Waals surface area contributed by atoms with Crippen molar-refractivity contribution in [2.24, 2.45) is 0 Å². The molecule has 5 heteroatoms. The van der Waals surface area contributed by atoms with Gasteiger partial charge in [0.25, 0.3) is 0 Å². The second-order valence-corrected chi connectivity index (χ2v) is 8.03. The molecular formula is C20H23NO3S. The van der Waals surface area contributed by atoms with E-state index in [4.69, 9.17) is 0 Å². The first-order valence-electron chi connectivity index (χ1n) is 8.63. The minimum absolute atomic E-state index is 0.0634. The Kier molecular flexibility index (Phi) is 5.23. The Morgan fingerprint density at radius 1 is 1.28 bits per heavy atom. The van der Waals surface area contributed by atoms with Crippen LogP contribution in [0.15, 0.2) is 30.3 Å². The molecule has 1 amide bonds. The van der Waals surface area contributed by atoms with Crippen LogP contribution in [0.5, 0.6) is 0 Å². The zero-order valence-corrected chi connectivity index (χ0v) is 15.4. The maximum absolute atomic E-state index is 12.7. The summed E-state index contributed by atoms with van der Waals surface area (Å²) in [5.74, 6) is -1.02. The Labute approximate surface area is 152 Å². The Hall–Kier alpha value is -2.14. The van der Waals surface area contributed by atoms with Crippen LogP contribution in [0.25, 0.3) is 0 Å². The predicted octanol–water partition coefficient (Wildman–Crippen LogP) is 3.90. The lowest BCUT2D eigenvalue weighted by atomic mass is 9.92. The fraction of sp³-hybridized carbons (Fsp3) is 0.400. The quantitative estimate of drug-likeness (QED) is 0.883. The molecule has 1 atom stereocenters. The van der Waals surface area contributed by atoms with Crippen molar-refractivity contribution < 1.29 is 14.7 Å². The molecule has 25 heavy (non-hydrogen) atoms. The third kappa shape index (κ3) is 3.76. The van der Waals surface area contributed by atoms with Crippen molar-refractivity contribution in [3.8, 4) is 0 Å². The van der Waals surface area contributed by atoms with Crippen LogP contribution < -0.4 is 0 Å². The lowest BCUT2D eigenvalue weighted by Crippen LogP contribution is -2.43. The van der Waals surface area contributed by atoms with Crippen molar-refractivity contribution in [2.45, 2.75) is 45.6 Å². The van der Waals surface area contributed by atoms with Gasteiger partial charge in [-0.15, -0.1) is 11.3 Å². The molecule has 4 nitrogen and oxygen atoms in total. The van der Waals surface area contributed by atoms with Crippen LogP contribution in [0.3, 0.4) is 0 Å². The highest BCUT2D eigenvalue weighted by molar-refractivity contribution is 7.12. The number of carbonyl (C=O) groups excluding carboxylic acids is 1. The summed E-state index contributed by atoms with van der Waals surface area (Å²) in [6.07, 6.45) is 2.72. The predicted molar refractivity (Wildman–Crippen MR) is 99.0 cm³/mol. The monoisotopic (exact) mass is 357 g/mol. The molecule has 132 valence electrons. The van der Waals surface area contributed by atoms with Gasteiger partial charge in [0.15, 0.2) is 6.04 Å². The lowest BCUT2D eigenvalue weighted by molar-refractivity contribution is -0.151. The summed E-state index contributed by atoms with van der Waals surface area (Å²) in [6.45, 7) is 4.68. The zero-order chi connectivity index (χ0) is 18.0. The molecule has 1 aliphatic rings. The lowest BCUT2D eigenvalue weighted by Gasteiger charge is -2.34. The fourth-order valence-electron chi connectivity index (χ4n) is 3.61. The number of aliphatic carboxylic acids is 1. The van der Waals surface area contributed by atoms with Crippen molar-refractivity contribution in [3.05, 3.63) is 56.8 Å². The van der Waals surface area contributed by atoms with Gasteiger partial charge in [-0.3, -0.25) is 4.79 Å². The first-order chi connectivity index (χ1) is 12.0. The van der Waals surface area contributed by atoms with Crippen LogP contribution in [0.4, 0.5) is 0 Å². The highest BCUT2D eigenvalue weighted by atomic mass is 32.1. The van der Waals surface area contributed by atoms with Crippen LogP contribution in [-0.4, -0.2) is 28.4 Å². The number of amides is 1. The number of benzene rings is 1. The number of nitrogens with zero attached hydrogens (tertiary/aromatic N) is 1. The third-order valence-electron chi connectivity index (χ3n) is 4.82. The summed E-state index contributed by atoms with van der Waals surface area (Å²) in [6, 6.07) is 8.86. The second-order valence-electron chi connectivity index (χ2n) is 6.57. The molecule has 0 spiro atoms. The minimum Gasteiger partial charge on any atom is -0.479 e. The van der Waals surface area contributed by atoms with E-state index in [-0.39, 0.29) is 5.91 Å². The molecule has 1 aromatic heterocycles. The Morgan fingerprint density at radius 3 is 2.72 bits per heavy atom. The van der Waals surface area contributed by atoms with Gasteiger partial charge in [-0.1, -0.05) is 24.3 Å². The van der Waals surface area contributed by atoms with Gasteiger partial charge in [0, 0.05) is 22.7 Å². The number of carbonyl (C=O) groups is 2. The molecular weight excluding hydrogens is 334 g/mol. The van der Waals surface area contributed by atoms with Gasteiger partial charge in [-0.2, -0.15) is 0 Å². The van der Waals surface area contributed by atoms with Gasteiger partial charge < -0.3 is 10.0 Å². The molecule has 0 fully saturated rings. The molecule has 2 heterocycles. The molecule has 2 aromatic rings. The topological polar surface area (TPSA) is 57.6 Å². The Morgan fingerprint density at radius 2 is 2.04 bits per heavy atom. The maximum atomic E-state index is 12.7. The van der Waals surface area contributed by atoms with Gasteiger partial charge in [-0.25, -0.2) is 4.79 Å². The molecule has 1 unspecified atom stereocenters. The summed E-state index contributed by atoms with van der Waals surface area (Å²) < 4.78 is 0. The zero-order valence-electron chi connectivity index (χ0n) is 14.6. The number of rotatable bonds is 5. The highest BCUT2D eigenvalue weighted by Gasteiger charge is 2.35. The first kappa shape index (κ1) is 17.7. The van der Waals surface area contributed by atoms with E-state index in [0.29, 0.717) is 19.4 Å². The number of carboxylic acid groups (broad SMARTS) is 1. The van der Waals surface area contributed by atoms with E-state index in [9.17, 15) is 14.7 Å². The summed E-state index contributed by atoms with van der Waals surface area (Å²) >= 11 is 1.78. The van der Waals surface area contributed by atoms with Crippen LogP contribution in [0.2, 0.25) is 0 Å². The van der Waals surface area contributed by atoms with Gasteiger partial charge in [0.05, 0.1) is 0 Å². The van der Waals surface area contributed by atoms with Crippen molar-refractivity contribution in [1.29, 1.82) is 0 Å². The average molecular weight is 357 g/mol. The Bertz CT molecular complexity index is 796. The summed E-state index contributed by atoms with van der Waals surface area (Å²) in [4.78, 5) is 28.6. The van der Waals surface area contributed by atoms with Crippen molar-refractivity contribution in [1.82, 2.24) is 4.90 Å². The standard InChI is InChI=1S/C20H23NO3S/c1-13-12-16(14(2)25-13)7-5-9-18(22)21-11-10-15-6-3-4-8-17(15)19(21)20(23)24/h3-4,6,8,12,19H,5,7,9-11H2,1-2H3,(H,23,24). The summed E-state index contributed by atoms with van der Waals surface area (Å²) in [5, 5.41) is 9.65. The summed E-state index contributed by atoms with van der Waals surface area (Å²) in [7, 11) is 0. The van der Waals surface area contributed by atoms with E-state index in [1.165, 1.54) is 20.2 Å². The van der Waals surface area contributed by atoms with Gasteiger partial charge in [-0.05, 0) is 55.9 Å². The molecule has 1 N–H and O–H groups in total. The van der Waals surface area contributed by atoms with E-state index >= 15 is 0 Å². The number of hydrogen-bond acceptors (Lipinski definition) is 3. The first-order valence-corrected chi connectivity index (χ1v) is 9.45. The van der Waals surface area contributed by atoms with Gasteiger partial charge in [0.2, 0.25) is 5.91 Å². The van der Waals surface area contributed by atoms with Gasteiger partial charge >= 0.3 is 5.97 Å². The number of fused-ring (bicyclic) bond motifs is 1. The number of carboxylic acids is 1. The Balaban J connectivity index is 1.67. The van der Waals surface area contributed by atoms with E-state index in [2.05, 4.69) is 19.9 Å². The van der Waals surface area contributed by atoms with Crippen molar-refractivity contribution >= 4 is 23.2 Å². The highest BCUT2D eigenvalue weighted by Crippen LogP contribution is 2.31. The van der Waals surface area contributed by atoms with E-state index < -0.39 is 12.0 Å². The molecule has 0 saturated carbocycles. The van der Waals surface area contributed by atoms with Crippen molar-refractivity contribution in [2.75, 3.05) is 6.54 Å². The molecule has 0 saturated heterocycles. The largest absolute Gasteiger partial charge is 0.479 e. The molecule has 0 aliphatic carbocycles. The van der Waals surface area contributed by atoms with E-state index in [1.807, 2.05) is 24.3 Å². The molecule has 3 rings (SSSR count). The smallest absolute Gasteiger partial charge is 0.331 e. The van der Waals surface area contributed by atoms with Crippen LogP contribution >= 0.6 is 11.3 Å². The number of thiophene rings is 1. The summed E-state index contributed by atoms with van der Waals surface area (Å²) in [5.41, 5.74) is 3.08. The second kappa shape index (κ2) is 7.40. The van der Waals surface area contributed by atoms with Gasteiger partial charge in [0.1, 0.15) is 0 Å². The maximum Gasteiger partial charge on any atom is 0.331 e. The molecule has 1 aromatic carbocycles. The van der Waals surface area contributed by atoms with Crippen molar-refractivity contribution in [3.63, 3.8) is 0 Å². The van der Waals surface area contributed by atoms with Crippen LogP contribution in [-0.2, 0) is 22.4 Å². The van der Waals surface area contributed by atoms with Crippen LogP contribution in [0, 0.1) is 13.8 Å². The number of aryl methyl sites for hydroxylation is 3. The molecule has 0 radical (unpaired) electrons. The molecule has 1 aliphatic heterocycles. The van der Waals surface area contributed by atoms with Crippen LogP contribution in [0.1, 0.15) is 45.3 Å².